The molecule has 0 spiro atoms. The molecule has 0 saturated heterocycles. The van der Waals surface area contributed by atoms with E-state index in [1.807, 2.05) is 0 Å². The molecule has 64 valence electrons. The van der Waals surface area contributed by atoms with E-state index in [1.54, 1.807) is 0 Å². The molecule has 1 rings (SSSR count). The molecule has 2 radical (unpaired) electrons. The van der Waals surface area contributed by atoms with Gasteiger partial charge in [0, 0.05) is 0 Å². The average molecular weight is 192 g/mol. The molecular weight excluding hydrogens is 188 g/mol. The van der Waals surface area contributed by atoms with Crippen LogP contribution < -0.4 is 5.19 Å². The fraction of sp³-hybridized carbons (Fsp3) is 0.143. The van der Waals surface area contributed by atoms with Crippen molar-refractivity contribution in [2.24, 2.45) is 0 Å². The van der Waals surface area contributed by atoms with Crippen LogP contribution in [0.3, 0.4) is 0 Å². The highest BCUT2D eigenvalue weighted by Crippen LogP contribution is 2.28. The van der Waals surface area contributed by atoms with E-state index in [2.05, 4.69) is 0 Å². The molecule has 0 nitrogen and oxygen atoms in total. The largest absolute Gasteiger partial charge is 0.416 e. The highest BCUT2D eigenvalue weighted by Gasteiger charge is 2.29. The minimum Gasteiger partial charge on any atom is -0.308 e. The molecule has 1 aromatic carbocycles. The second kappa shape index (κ2) is 3.26. The lowest BCUT2D eigenvalue weighted by Crippen LogP contribution is -2.11. The first kappa shape index (κ1) is 9.25. The number of benzene rings is 1. The van der Waals surface area contributed by atoms with Gasteiger partial charge in [-0.3, -0.25) is 0 Å². The zero-order valence-corrected chi connectivity index (χ0v) is 6.82. The summed E-state index contributed by atoms with van der Waals surface area (Å²) in [4.78, 5) is 0. The van der Waals surface area contributed by atoms with Crippen molar-refractivity contribution in [1.29, 1.82) is 0 Å². The first-order valence-electron chi connectivity index (χ1n) is 3.08. The molecule has 1 aromatic rings. The van der Waals surface area contributed by atoms with E-state index in [0.717, 1.165) is 24.3 Å². The summed E-state index contributed by atoms with van der Waals surface area (Å²) in [5.41, 5.74) is -0.746. The third kappa shape index (κ3) is 2.07. The molecule has 0 fully saturated rings. The van der Waals surface area contributed by atoms with Crippen LogP contribution in [-0.4, -0.2) is 9.85 Å². The van der Waals surface area contributed by atoms with Crippen molar-refractivity contribution in [2.75, 3.05) is 0 Å². The van der Waals surface area contributed by atoms with Gasteiger partial charge in [0.15, 0.2) is 0 Å². The summed E-state index contributed by atoms with van der Waals surface area (Å²) in [6, 6.07) is 4.03. The summed E-state index contributed by atoms with van der Waals surface area (Å²) in [6.07, 6.45) is -4.34. The topological polar surface area (TPSA) is 0 Å². The van der Waals surface area contributed by atoms with Crippen LogP contribution in [0.4, 0.5) is 17.3 Å². The molecule has 0 aliphatic carbocycles. The van der Waals surface area contributed by atoms with E-state index < -0.39 is 21.6 Å². The van der Waals surface area contributed by atoms with Gasteiger partial charge in [0.1, 0.15) is 0 Å². The molecule has 0 aliphatic heterocycles. The van der Waals surface area contributed by atoms with Crippen LogP contribution in [-0.2, 0) is 6.18 Å². The molecule has 0 atom stereocenters. The van der Waals surface area contributed by atoms with Crippen molar-refractivity contribution < 1.29 is 17.3 Å². The normalized spacial score (nSPS) is 11.7. The second-order valence-electron chi connectivity index (χ2n) is 2.17. The van der Waals surface area contributed by atoms with Crippen LogP contribution in [0.25, 0.3) is 0 Å². The summed E-state index contributed by atoms with van der Waals surface area (Å²) in [6.45, 7) is 0. The minimum atomic E-state index is -4.34. The number of alkyl halides is 3. The van der Waals surface area contributed by atoms with Crippen LogP contribution in [0.2, 0.25) is 0 Å². The van der Waals surface area contributed by atoms with E-state index >= 15 is 0 Å². The zero-order chi connectivity index (χ0) is 9.19. The highest BCUT2D eigenvalue weighted by atomic mass is 28.3. The smallest absolute Gasteiger partial charge is 0.308 e. The summed E-state index contributed by atoms with van der Waals surface area (Å²) in [7, 11) is -0.958. The van der Waals surface area contributed by atoms with Gasteiger partial charge in [-0.25, -0.2) is 0 Å². The third-order valence-electron chi connectivity index (χ3n) is 1.32. The molecule has 0 aromatic heterocycles. The molecule has 0 bridgehead atoms. The van der Waals surface area contributed by atoms with Crippen molar-refractivity contribution in [3.63, 3.8) is 0 Å². The molecule has 0 saturated carbocycles. The molecule has 0 N–H and O–H groups in total. The predicted octanol–water partition coefficient (Wildman–Crippen LogP) is 1.92. The summed E-state index contributed by atoms with van der Waals surface area (Å²) in [5, 5.41) is 0.281. The molecule has 0 unspecified atom stereocenters. The molecule has 0 aliphatic rings. The Hall–Kier alpha value is -0.843. The summed E-state index contributed by atoms with van der Waals surface area (Å²) < 4.78 is 47.7. The van der Waals surface area contributed by atoms with Gasteiger partial charge in [-0.05, 0) is 5.19 Å². The van der Waals surface area contributed by atoms with E-state index in [9.17, 15) is 17.3 Å². The molecule has 0 amide bonds. The van der Waals surface area contributed by atoms with Crippen LogP contribution in [0.1, 0.15) is 5.56 Å². The van der Waals surface area contributed by atoms with E-state index in [-0.39, 0.29) is 5.19 Å². The van der Waals surface area contributed by atoms with Gasteiger partial charge in [0.25, 0.3) is 0 Å². The first-order valence-corrected chi connectivity index (χ1v) is 3.96. The fourth-order valence-corrected chi connectivity index (χ4v) is 1.01. The van der Waals surface area contributed by atoms with Crippen LogP contribution in [0.5, 0.6) is 0 Å². The van der Waals surface area contributed by atoms with Gasteiger partial charge in [-0.15, -0.1) is 0 Å². The maximum Gasteiger partial charge on any atom is 0.416 e. The molecule has 12 heavy (non-hydrogen) atoms. The lowest BCUT2D eigenvalue weighted by molar-refractivity contribution is -0.137. The monoisotopic (exact) mass is 192 g/mol. The Labute approximate surface area is 69.2 Å². The number of rotatable bonds is 1. The van der Waals surface area contributed by atoms with Crippen molar-refractivity contribution >= 4 is 15.0 Å². The zero-order valence-electron chi connectivity index (χ0n) is 5.82. The van der Waals surface area contributed by atoms with E-state index in [4.69, 9.17) is 0 Å². The van der Waals surface area contributed by atoms with Crippen LogP contribution >= 0.6 is 0 Å². The lowest BCUT2D eigenvalue weighted by Gasteiger charge is -2.05. The first-order chi connectivity index (χ1) is 5.54. The number of hydrogen-bond acceptors (Lipinski definition) is 0. The van der Waals surface area contributed by atoms with Gasteiger partial charge < -0.3 is 4.11 Å². The fourth-order valence-electron chi connectivity index (χ4n) is 0.722. The highest BCUT2D eigenvalue weighted by molar-refractivity contribution is 6.46. The standard InChI is InChI=1S/C7H4F4Si/c8-7(9,10)5-1-3-6(12-11)4-2-5/h1-4H. The average Bonchev–Trinajstić information content (AvgIpc) is 2.03. The van der Waals surface area contributed by atoms with Crippen molar-refractivity contribution in [3.8, 4) is 0 Å². The predicted molar refractivity (Wildman–Crippen MR) is 37.9 cm³/mol. The van der Waals surface area contributed by atoms with Gasteiger partial charge >= 0.3 is 16.0 Å². The van der Waals surface area contributed by atoms with Gasteiger partial charge in [0.2, 0.25) is 0 Å². The quantitative estimate of drug-likeness (QED) is 0.362. The lowest BCUT2D eigenvalue weighted by atomic mass is 10.2. The summed E-state index contributed by atoms with van der Waals surface area (Å²) in [5.74, 6) is 0. The van der Waals surface area contributed by atoms with Crippen LogP contribution in [0, 0.1) is 0 Å². The third-order valence-corrected chi connectivity index (χ3v) is 1.87. The minimum absolute atomic E-state index is 0.281. The second-order valence-corrected chi connectivity index (χ2v) is 2.94. The Bertz CT molecular complexity index is 251. The van der Waals surface area contributed by atoms with Gasteiger partial charge in [0.05, 0.1) is 5.56 Å². The maximum absolute atomic E-state index is 11.9. The maximum atomic E-state index is 11.9. The Kier molecular flexibility index (Phi) is 2.51. The van der Waals surface area contributed by atoms with Crippen LogP contribution in [0.15, 0.2) is 24.3 Å². The Morgan fingerprint density at radius 2 is 1.50 bits per heavy atom. The Morgan fingerprint density at radius 1 is 1.00 bits per heavy atom. The van der Waals surface area contributed by atoms with E-state index in [0.29, 0.717) is 0 Å². The van der Waals surface area contributed by atoms with Crippen molar-refractivity contribution in [1.82, 2.24) is 0 Å². The van der Waals surface area contributed by atoms with E-state index in [1.165, 1.54) is 0 Å². The number of hydrogen-bond donors (Lipinski definition) is 0. The van der Waals surface area contributed by atoms with Gasteiger partial charge in [-0.2, -0.15) is 13.2 Å². The van der Waals surface area contributed by atoms with Crippen molar-refractivity contribution in [2.45, 2.75) is 6.18 Å². The molecule has 5 heteroatoms. The van der Waals surface area contributed by atoms with Gasteiger partial charge in [-0.1, -0.05) is 24.3 Å². The molecule has 0 heterocycles. The Morgan fingerprint density at radius 3 is 1.83 bits per heavy atom. The number of halogens is 4. The SMILES string of the molecule is F[Si]c1ccc(C(F)(F)F)cc1. The molecular formula is C7H4F4Si. The van der Waals surface area contributed by atoms with Crippen molar-refractivity contribution in [3.05, 3.63) is 29.8 Å². The summed E-state index contributed by atoms with van der Waals surface area (Å²) >= 11 is 0. The Balaban J connectivity index is 2.93.